The zero-order valence-electron chi connectivity index (χ0n) is 11.4. The largest absolute Gasteiger partial charge is 0.384 e. The molecule has 0 fully saturated rings. The second kappa shape index (κ2) is 5.25. The van der Waals surface area contributed by atoms with Gasteiger partial charge in [-0.15, -0.1) is 0 Å². The van der Waals surface area contributed by atoms with Crippen LogP contribution in [0.3, 0.4) is 0 Å². The van der Waals surface area contributed by atoms with Crippen molar-refractivity contribution in [3.8, 4) is 11.3 Å². The second-order valence-corrected chi connectivity index (χ2v) is 4.72. The summed E-state index contributed by atoms with van der Waals surface area (Å²) in [4.78, 5) is 13.3. The molecule has 0 aliphatic rings. The van der Waals surface area contributed by atoms with Gasteiger partial charge >= 0.3 is 0 Å². The Balaban J connectivity index is 2.20. The number of nitrogens with two attached hydrogens (primary N) is 1. The van der Waals surface area contributed by atoms with Gasteiger partial charge in [-0.3, -0.25) is 4.98 Å². The normalized spacial score (nSPS) is 10.8. The number of aromatic nitrogens is 3. The van der Waals surface area contributed by atoms with Crippen LogP contribution in [0.4, 0.5) is 5.82 Å². The molecule has 100 valence electrons. The molecule has 0 bridgehead atoms. The molecule has 3 aromatic rings. The topological polar surface area (TPSA) is 64.7 Å². The minimum absolute atomic E-state index is 0.506. The molecule has 2 N–H and O–H groups in total. The van der Waals surface area contributed by atoms with Crippen LogP contribution in [0.15, 0.2) is 42.6 Å². The van der Waals surface area contributed by atoms with Gasteiger partial charge < -0.3 is 5.73 Å². The van der Waals surface area contributed by atoms with E-state index in [4.69, 9.17) is 5.73 Å². The van der Waals surface area contributed by atoms with Crippen LogP contribution in [0.1, 0.15) is 19.2 Å². The number of nitrogens with zero attached hydrogens (tertiary/aromatic N) is 3. The van der Waals surface area contributed by atoms with Crippen molar-refractivity contribution < 1.29 is 0 Å². The van der Waals surface area contributed by atoms with E-state index in [1.54, 1.807) is 6.20 Å². The molecule has 4 heteroatoms. The van der Waals surface area contributed by atoms with Crippen molar-refractivity contribution in [2.24, 2.45) is 0 Å². The summed E-state index contributed by atoms with van der Waals surface area (Å²) >= 11 is 0. The number of para-hydroxylation sites is 1. The van der Waals surface area contributed by atoms with Crippen LogP contribution in [0.5, 0.6) is 0 Å². The summed E-state index contributed by atoms with van der Waals surface area (Å²) in [6, 6.07) is 11.9. The van der Waals surface area contributed by atoms with Crippen LogP contribution in [-0.2, 0) is 6.42 Å². The molecule has 0 aliphatic carbocycles. The summed E-state index contributed by atoms with van der Waals surface area (Å²) in [6.45, 7) is 2.10. The van der Waals surface area contributed by atoms with E-state index in [9.17, 15) is 0 Å². The number of hydrogen-bond donors (Lipinski definition) is 1. The van der Waals surface area contributed by atoms with Crippen molar-refractivity contribution in [2.45, 2.75) is 19.8 Å². The standard InChI is InChI=1S/C16H16N4/c1-2-5-15-19-13(10-14(17)20-15)12-8-3-6-11-7-4-9-18-16(11)12/h3-4,6-10H,2,5H2,1H3,(H2,17,19,20). The summed E-state index contributed by atoms with van der Waals surface area (Å²) < 4.78 is 0. The number of aryl methyl sites for hydroxylation is 1. The first kappa shape index (κ1) is 12.5. The Hall–Kier alpha value is -2.49. The lowest BCUT2D eigenvalue weighted by molar-refractivity contribution is 0.839. The van der Waals surface area contributed by atoms with E-state index >= 15 is 0 Å². The van der Waals surface area contributed by atoms with Crippen LogP contribution in [0.2, 0.25) is 0 Å². The van der Waals surface area contributed by atoms with Crippen LogP contribution in [0, 0.1) is 0 Å². The number of pyridine rings is 1. The van der Waals surface area contributed by atoms with E-state index in [-0.39, 0.29) is 0 Å². The Morgan fingerprint density at radius 3 is 2.80 bits per heavy atom. The highest BCUT2D eigenvalue weighted by Crippen LogP contribution is 2.26. The van der Waals surface area contributed by atoms with E-state index in [0.717, 1.165) is 40.8 Å². The predicted molar refractivity (Wildman–Crippen MR) is 81.2 cm³/mol. The Labute approximate surface area is 117 Å². The molecule has 0 radical (unpaired) electrons. The van der Waals surface area contributed by atoms with Crippen LogP contribution >= 0.6 is 0 Å². The highest BCUT2D eigenvalue weighted by Gasteiger charge is 2.08. The van der Waals surface area contributed by atoms with Gasteiger partial charge in [-0.05, 0) is 12.5 Å². The quantitative estimate of drug-likeness (QED) is 0.788. The number of nitrogen functional groups attached to an aromatic ring is 1. The van der Waals surface area contributed by atoms with Crippen LogP contribution in [0.25, 0.3) is 22.2 Å². The SMILES string of the molecule is CCCc1nc(N)cc(-c2cccc3cccnc23)n1. The van der Waals surface area contributed by atoms with Gasteiger partial charge in [0.15, 0.2) is 0 Å². The third-order valence-corrected chi connectivity index (χ3v) is 3.17. The maximum Gasteiger partial charge on any atom is 0.131 e. The Morgan fingerprint density at radius 1 is 1.10 bits per heavy atom. The molecule has 2 aromatic heterocycles. The van der Waals surface area contributed by atoms with Crippen LogP contribution < -0.4 is 5.73 Å². The second-order valence-electron chi connectivity index (χ2n) is 4.72. The number of fused-ring (bicyclic) bond motifs is 1. The molecule has 3 rings (SSSR count). The first-order valence-corrected chi connectivity index (χ1v) is 6.75. The minimum Gasteiger partial charge on any atom is -0.384 e. The van der Waals surface area contributed by atoms with E-state index < -0.39 is 0 Å². The lowest BCUT2D eigenvalue weighted by Gasteiger charge is -2.07. The molecule has 0 aliphatic heterocycles. The van der Waals surface area contributed by atoms with Crippen molar-refractivity contribution in [3.63, 3.8) is 0 Å². The van der Waals surface area contributed by atoms with Crippen LogP contribution in [-0.4, -0.2) is 15.0 Å². The average molecular weight is 264 g/mol. The van der Waals surface area contributed by atoms with Gasteiger partial charge in [0, 0.05) is 29.6 Å². The van der Waals surface area contributed by atoms with Gasteiger partial charge in [0.05, 0.1) is 11.2 Å². The fourth-order valence-electron chi connectivity index (χ4n) is 2.30. The summed E-state index contributed by atoms with van der Waals surface area (Å²) in [5.41, 5.74) is 8.67. The first-order chi connectivity index (χ1) is 9.78. The Bertz CT molecular complexity index is 747. The number of anilines is 1. The van der Waals surface area contributed by atoms with Gasteiger partial charge in [-0.2, -0.15) is 0 Å². The average Bonchev–Trinajstić information content (AvgIpc) is 2.46. The minimum atomic E-state index is 0.506. The Kier molecular flexibility index (Phi) is 3.29. The van der Waals surface area contributed by atoms with E-state index in [0.29, 0.717) is 5.82 Å². The molecule has 4 nitrogen and oxygen atoms in total. The maximum atomic E-state index is 5.90. The van der Waals surface area contributed by atoms with Crippen molar-refractivity contribution in [1.82, 2.24) is 15.0 Å². The number of benzene rings is 1. The maximum absolute atomic E-state index is 5.90. The summed E-state index contributed by atoms with van der Waals surface area (Å²) in [7, 11) is 0. The van der Waals surface area contributed by atoms with Crippen molar-refractivity contribution >= 4 is 16.7 Å². The highest BCUT2D eigenvalue weighted by atomic mass is 14.9. The van der Waals surface area contributed by atoms with E-state index in [1.165, 1.54) is 0 Å². The summed E-state index contributed by atoms with van der Waals surface area (Å²) in [5.74, 6) is 1.29. The van der Waals surface area contributed by atoms with Crippen molar-refractivity contribution in [2.75, 3.05) is 5.73 Å². The molecule has 2 heterocycles. The fourth-order valence-corrected chi connectivity index (χ4v) is 2.30. The smallest absolute Gasteiger partial charge is 0.131 e. The van der Waals surface area contributed by atoms with Gasteiger partial charge in [0.25, 0.3) is 0 Å². The lowest BCUT2D eigenvalue weighted by Crippen LogP contribution is -2.01. The predicted octanol–water partition coefficient (Wildman–Crippen LogP) is 3.23. The lowest BCUT2D eigenvalue weighted by atomic mass is 10.1. The number of rotatable bonds is 3. The summed E-state index contributed by atoms with van der Waals surface area (Å²) in [5, 5.41) is 1.10. The zero-order chi connectivity index (χ0) is 13.9. The zero-order valence-corrected chi connectivity index (χ0v) is 11.4. The molecule has 0 amide bonds. The van der Waals surface area contributed by atoms with Crippen molar-refractivity contribution in [1.29, 1.82) is 0 Å². The fraction of sp³-hybridized carbons (Fsp3) is 0.188. The third-order valence-electron chi connectivity index (χ3n) is 3.17. The van der Waals surface area contributed by atoms with Gasteiger partial charge in [-0.25, -0.2) is 9.97 Å². The molecule has 0 spiro atoms. The molecule has 0 atom stereocenters. The molecular weight excluding hydrogens is 248 g/mol. The first-order valence-electron chi connectivity index (χ1n) is 6.75. The highest BCUT2D eigenvalue weighted by molar-refractivity contribution is 5.92. The van der Waals surface area contributed by atoms with Gasteiger partial charge in [-0.1, -0.05) is 31.2 Å². The van der Waals surface area contributed by atoms with Gasteiger partial charge in [0.1, 0.15) is 11.6 Å². The Morgan fingerprint density at radius 2 is 1.95 bits per heavy atom. The molecule has 20 heavy (non-hydrogen) atoms. The summed E-state index contributed by atoms with van der Waals surface area (Å²) in [6.07, 6.45) is 3.62. The van der Waals surface area contributed by atoms with Gasteiger partial charge in [0.2, 0.25) is 0 Å². The van der Waals surface area contributed by atoms with Crippen molar-refractivity contribution in [3.05, 3.63) is 48.4 Å². The molecule has 0 saturated heterocycles. The molecule has 1 aromatic carbocycles. The van der Waals surface area contributed by atoms with E-state index in [1.807, 2.05) is 36.4 Å². The molecule has 0 saturated carbocycles. The molecule has 0 unspecified atom stereocenters. The number of hydrogen-bond acceptors (Lipinski definition) is 4. The monoisotopic (exact) mass is 264 g/mol. The third kappa shape index (κ3) is 2.32. The van der Waals surface area contributed by atoms with E-state index in [2.05, 4.69) is 21.9 Å². The molecular formula is C16H16N4.